The third-order valence-electron chi connectivity index (χ3n) is 5.08. The van der Waals surface area contributed by atoms with Gasteiger partial charge in [-0.3, -0.25) is 4.79 Å². The SMILES string of the molecule is CC(Oc1cccc(F)c1)C(=O)NCCn1nc(C2CCNC2)c2cccnc21. The van der Waals surface area contributed by atoms with Gasteiger partial charge in [0.05, 0.1) is 12.2 Å². The van der Waals surface area contributed by atoms with Gasteiger partial charge in [-0.15, -0.1) is 0 Å². The Hall–Kier alpha value is -3.00. The van der Waals surface area contributed by atoms with Gasteiger partial charge in [0, 0.05) is 36.7 Å². The van der Waals surface area contributed by atoms with Crippen LogP contribution in [0, 0.1) is 5.82 Å². The van der Waals surface area contributed by atoms with Crippen LogP contribution in [0.15, 0.2) is 42.6 Å². The summed E-state index contributed by atoms with van der Waals surface area (Å²) in [6.07, 6.45) is 2.08. The normalized spacial score (nSPS) is 17.4. The van der Waals surface area contributed by atoms with Gasteiger partial charge in [0.15, 0.2) is 11.8 Å². The fourth-order valence-corrected chi connectivity index (χ4v) is 3.61. The maximum Gasteiger partial charge on any atom is 0.260 e. The van der Waals surface area contributed by atoms with E-state index in [1.54, 1.807) is 25.3 Å². The first-order valence-corrected chi connectivity index (χ1v) is 9.84. The van der Waals surface area contributed by atoms with E-state index in [0.29, 0.717) is 24.8 Å². The van der Waals surface area contributed by atoms with E-state index >= 15 is 0 Å². The Morgan fingerprint density at radius 1 is 1.41 bits per heavy atom. The number of hydrogen-bond donors (Lipinski definition) is 2. The van der Waals surface area contributed by atoms with Gasteiger partial charge in [0.1, 0.15) is 11.6 Å². The Labute approximate surface area is 168 Å². The van der Waals surface area contributed by atoms with E-state index in [1.807, 2.05) is 16.8 Å². The van der Waals surface area contributed by atoms with Crippen molar-refractivity contribution < 1.29 is 13.9 Å². The zero-order valence-corrected chi connectivity index (χ0v) is 16.3. The molecule has 1 aromatic carbocycles. The molecule has 0 bridgehead atoms. The molecule has 3 aromatic rings. The summed E-state index contributed by atoms with van der Waals surface area (Å²) in [6.45, 7) is 4.46. The molecule has 29 heavy (non-hydrogen) atoms. The highest BCUT2D eigenvalue weighted by atomic mass is 19.1. The first kappa shape index (κ1) is 19.3. The topological polar surface area (TPSA) is 81.1 Å². The molecular weight excluding hydrogens is 373 g/mol. The van der Waals surface area contributed by atoms with Crippen LogP contribution in [0.25, 0.3) is 11.0 Å². The molecule has 1 amide bonds. The second-order valence-corrected chi connectivity index (χ2v) is 7.18. The second kappa shape index (κ2) is 8.57. The summed E-state index contributed by atoms with van der Waals surface area (Å²) in [7, 11) is 0. The van der Waals surface area contributed by atoms with Gasteiger partial charge >= 0.3 is 0 Å². The molecule has 2 N–H and O–H groups in total. The fraction of sp³-hybridized carbons (Fsp3) is 0.381. The van der Waals surface area contributed by atoms with Crippen LogP contribution in [0.4, 0.5) is 4.39 Å². The Morgan fingerprint density at radius 3 is 3.10 bits per heavy atom. The summed E-state index contributed by atoms with van der Waals surface area (Å²) >= 11 is 0. The molecule has 2 unspecified atom stereocenters. The van der Waals surface area contributed by atoms with Crippen molar-refractivity contribution >= 4 is 16.9 Å². The van der Waals surface area contributed by atoms with E-state index in [2.05, 4.69) is 15.6 Å². The summed E-state index contributed by atoms with van der Waals surface area (Å²) in [5.41, 5.74) is 1.89. The maximum absolute atomic E-state index is 13.3. The number of aromatic nitrogens is 3. The highest BCUT2D eigenvalue weighted by Gasteiger charge is 2.23. The largest absolute Gasteiger partial charge is 0.481 e. The molecule has 1 aliphatic rings. The van der Waals surface area contributed by atoms with Crippen LogP contribution < -0.4 is 15.4 Å². The molecule has 0 aliphatic carbocycles. The standard InChI is InChI=1S/C21H24FN5O2/c1-14(29-17-5-2-4-16(22)12-17)21(28)25-10-11-27-20-18(6-3-8-24-20)19(26-27)15-7-9-23-13-15/h2-6,8,12,14-15,23H,7,9-11,13H2,1H3,(H,25,28). The van der Waals surface area contributed by atoms with E-state index in [0.717, 1.165) is 36.2 Å². The molecule has 1 fully saturated rings. The van der Waals surface area contributed by atoms with Gasteiger partial charge in [0.25, 0.3) is 5.91 Å². The van der Waals surface area contributed by atoms with Crippen molar-refractivity contribution in [2.75, 3.05) is 19.6 Å². The number of pyridine rings is 1. The second-order valence-electron chi connectivity index (χ2n) is 7.18. The molecule has 1 saturated heterocycles. The Kier molecular flexibility index (Phi) is 5.71. The third kappa shape index (κ3) is 4.37. The number of amides is 1. The number of nitrogens with one attached hydrogen (secondary N) is 2. The number of nitrogens with zero attached hydrogens (tertiary/aromatic N) is 3. The fourth-order valence-electron chi connectivity index (χ4n) is 3.61. The lowest BCUT2D eigenvalue weighted by Gasteiger charge is -2.14. The van der Waals surface area contributed by atoms with E-state index < -0.39 is 11.9 Å². The predicted octanol–water partition coefficient (Wildman–Crippen LogP) is 2.23. The number of halogens is 1. The predicted molar refractivity (Wildman–Crippen MR) is 107 cm³/mol. The molecule has 1 aliphatic heterocycles. The zero-order chi connectivity index (χ0) is 20.2. The number of fused-ring (bicyclic) bond motifs is 1. The van der Waals surface area contributed by atoms with Crippen molar-refractivity contribution in [1.29, 1.82) is 0 Å². The lowest BCUT2D eigenvalue weighted by molar-refractivity contribution is -0.127. The van der Waals surface area contributed by atoms with Crippen molar-refractivity contribution in [2.24, 2.45) is 0 Å². The van der Waals surface area contributed by atoms with Gasteiger partial charge < -0.3 is 15.4 Å². The van der Waals surface area contributed by atoms with E-state index in [9.17, 15) is 9.18 Å². The minimum Gasteiger partial charge on any atom is -0.481 e. The van der Waals surface area contributed by atoms with Crippen molar-refractivity contribution in [1.82, 2.24) is 25.4 Å². The average molecular weight is 397 g/mol. The third-order valence-corrected chi connectivity index (χ3v) is 5.08. The zero-order valence-electron chi connectivity index (χ0n) is 16.3. The van der Waals surface area contributed by atoms with Crippen molar-refractivity contribution in [2.45, 2.75) is 31.9 Å². The number of hydrogen-bond acceptors (Lipinski definition) is 5. The van der Waals surface area contributed by atoms with Crippen molar-refractivity contribution in [3.8, 4) is 5.75 Å². The molecule has 8 heteroatoms. The Morgan fingerprint density at radius 2 is 2.31 bits per heavy atom. The summed E-state index contributed by atoms with van der Waals surface area (Å²) in [5.74, 6) is 0.0438. The maximum atomic E-state index is 13.3. The van der Waals surface area contributed by atoms with Crippen LogP contribution >= 0.6 is 0 Å². The lowest BCUT2D eigenvalue weighted by Crippen LogP contribution is -2.38. The smallest absolute Gasteiger partial charge is 0.260 e. The van der Waals surface area contributed by atoms with Crippen molar-refractivity contribution in [3.63, 3.8) is 0 Å². The van der Waals surface area contributed by atoms with Gasteiger partial charge in [0.2, 0.25) is 0 Å². The van der Waals surface area contributed by atoms with E-state index in [1.165, 1.54) is 12.1 Å². The van der Waals surface area contributed by atoms with Gasteiger partial charge in [-0.1, -0.05) is 6.07 Å². The Balaban J connectivity index is 1.37. The first-order valence-electron chi connectivity index (χ1n) is 9.84. The highest BCUT2D eigenvalue weighted by molar-refractivity contribution is 5.81. The number of carbonyl (C=O) groups excluding carboxylic acids is 1. The molecule has 3 heterocycles. The quantitative estimate of drug-likeness (QED) is 0.639. The summed E-state index contributed by atoms with van der Waals surface area (Å²) in [6, 6.07) is 9.72. The Bertz CT molecular complexity index is 1000. The first-order chi connectivity index (χ1) is 14.1. The van der Waals surface area contributed by atoms with Crippen LogP contribution in [-0.4, -0.2) is 46.4 Å². The molecule has 2 aromatic heterocycles. The van der Waals surface area contributed by atoms with Crippen LogP contribution in [-0.2, 0) is 11.3 Å². The minimum absolute atomic E-state index is 0.265. The molecule has 0 spiro atoms. The number of ether oxygens (including phenoxy) is 1. The molecule has 4 rings (SSSR count). The number of carbonyl (C=O) groups is 1. The van der Waals surface area contributed by atoms with Crippen LogP contribution in [0.1, 0.15) is 25.0 Å². The summed E-state index contributed by atoms with van der Waals surface area (Å²) in [4.78, 5) is 16.8. The number of rotatable bonds is 7. The minimum atomic E-state index is -0.732. The molecule has 152 valence electrons. The molecule has 0 radical (unpaired) electrons. The van der Waals surface area contributed by atoms with E-state index in [4.69, 9.17) is 9.84 Å². The van der Waals surface area contributed by atoms with Crippen LogP contribution in [0.3, 0.4) is 0 Å². The number of benzene rings is 1. The van der Waals surface area contributed by atoms with Crippen LogP contribution in [0.2, 0.25) is 0 Å². The van der Waals surface area contributed by atoms with E-state index in [-0.39, 0.29) is 5.91 Å². The molecular formula is C21H24FN5O2. The van der Waals surface area contributed by atoms with Gasteiger partial charge in [-0.2, -0.15) is 5.10 Å². The monoisotopic (exact) mass is 397 g/mol. The van der Waals surface area contributed by atoms with Crippen LogP contribution in [0.5, 0.6) is 5.75 Å². The van der Waals surface area contributed by atoms with Gasteiger partial charge in [-0.25, -0.2) is 14.1 Å². The molecule has 2 atom stereocenters. The highest BCUT2D eigenvalue weighted by Crippen LogP contribution is 2.27. The molecule has 7 nitrogen and oxygen atoms in total. The van der Waals surface area contributed by atoms with Crippen molar-refractivity contribution in [3.05, 3.63) is 54.1 Å². The molecule has 0 saturated carbocycles. The summed E-state index contributed by atoms with van der Waals surface area (Å²) < 4.78 is 20.6. The summed E-state index contributed by atoms with van der Waals surface area (Å²) in [5, 5.41) is 12.1. The average Bonchev–Trinajstić information content (AvgIpc) is 3.36. The lowest BCUT2D eigenvalue weighted by atomic mass is 10.0. The van der Waals surface area contributed by atoms with Gasteiger partial charge in [-0.05, 0) is 44.2 Å².